The lowest BCUT2D eigenvalue weighted by Gasteiger charge is -2.07. The van der Waals surface area contributed by atoms with Crippen LogP contribution in [0.3, 0.4) is 0 Å². The molecule has 0 aliphatic carbocycles. The van der Waals surface area contributed by atoms with Crippen LogP contribution in [-0.4, -0.2) is 29.3 Å². The molecule has 2 N–H and O–H groups in total. The summed E-state index contributed by atoms with van der Waals surface area (Å²) in [5.74, 6) is -0.882. The number of hydrogen-bond acceptors (Lipinski definition) is 5. The molecule has 0 heterocycles. The molecule has 0 unspecified atom stereocenters. The van der Waals surface area contributed by atoms with Gasteiger partial charge in [0, 0.05) is 12.0 Å². The van der Waals surface area contributed by atoms with Crippen molar-refractivity contribution in [3.05, 3.63) is 65.7 Å². The highest BCUT2D eigenvalue weighted by Gasteiger charge is 2.15. The van der Waals surface area contributed by atoms with Crippen LogP contribution in [-0.2, 0) is 16.0 Å². The number of nitrogens with one attached hydrogen (secondary N) is 1. The van der Waals surface area contributed by atoms with Crippen molar-refractivity contribution < 1.29 is 19.4 Å². The lowest BCUT2D eigenvalue weighted by atomic mass is 10.1. The predicted molar refractivity (Wildman–Crippen MR) is 89.8 cm³/mol. The number of hydrazone groups is 1. The average Bonchev–Trinajstić information content (AvgIpc) is 2.61. The number of hydrogen-bond donors (Lipinski definition) is 2. The van der Waals surface area contributed by atoms with E-state index in [0.717, 1.165) is 5.56 Å². The van der Waals surface area contributed by atoms with E-state index in [2.05, 4.69) is 10.5 Å². The van der Waals surface area contributed by atoms with Gasteiger partial charge >= 0.3 is 5.97 Å². The molecule has 0 aliphatic heterocycles. The van der Waals surface area contributed by atoms with Crippen molar-refractivity contribution in [2.24, 2.45) is 5.10 Å². The zero-order chi connectivity index (χ0) is 17.4. The van der Waals surface area contributed by atoms with Crippen LogP contribution in [0.15, 0.2) is 59.7 Å². The van der Waals surface area contributed by atoms with Gasteiger partial charge in [-0.1, -0.05) is 30.3 Å². The number of amides is 1. The molecule has 0 radical (unpaired) electrons. The maximum Gasteiger partial charge on any atom is 0.354 e. The standard InChI is InChI=1S/C18H18N2O4/c1-2-24-18(23)16(12-13-8-10-15(21)11-9-13)19-20-17(22)14-6-4-3-5-7-14/h3-11,21H,2,12H2,1H3,(H,20,22)/b19-16+. The molecule has 0 aromatic heterocycles. The molecule has 2 rings (SSSR count). The monoisotopic (exact) mass is 326 g/mol. The zero-order valence-corrected chi connectivity index (χ0v) is 13.2. The molecule has 0 spiro atoms. The SMILES string of the molecule is CCOC(=O)/C(Cc1ccc(O)cc1)=N/NC(=O)c1ccccc1. The van der Waals surface area contributed by atoms with E-state index in [-0.39, 0.29) is 24.5 Å². The van der Waals surface area contributed by atoms with E-state index in [1.54, 1.807) is 49.4 Å². The van der Waals surface area contributed by atoms with Crippen molar-refractivity contribution in [2.75, 3.05) is 6.61 Å². The molecular weight excluding hydrogens is 308 g/mol. The first-order valence-corrected chi connectivity index (χ1v) is 7.47. The summed E-state index contributed by atoms with van der Waals surface area (Å²) >= 11 is 0. The van der Waals surface area contributed by atoms with E-state index in [9.17, 15) is 14.7 Å². The van der Waals surface area contributed by atoms with E-state index in [1.165, 1.54) is 12.1 Å². The number of phenols is 1. The quantitative estimate of drug-likeness (QED) is 0.484. The van der Waals surface area contributed by atoms with Crippen molar-refractivity contribution in [1.29, 1.82) is 0 Å². The summed E-state index contributed by atoms with van der Waals surface area (Å²) in [6.45, 7) is 1.90. The molecule has 0 aliphatic rings. The summed E-state index contributed by atoms with van der Waals surface area (Å²) in [6, 6.07) is 14.9. The second kappa shape index (κ2) is 8.47. The molecular formula is C18H18N2O4. The number of ether oxygens (including phenoxy) is 1. The average molecular weight is 326 g/mol. The smallest absolute Gasteiger partial charge is 0.354 e. The second-order valence-corrected chi connectivity index (χ2v) is 4.93. The number of phenolic OH excluding ortho intramolecular Hbond substituents is 1. The Morgan fingerprint density at radius 1 is 1.08 bits per heavy atom. The van der Waals surface area contributed by atoms with E-state index >= 15 is 0 Å². The molecule has 0 saturated carbocycles. The zero-order valence-electron chi connectivity index (χ0n) is 13.2. The number of nitrogens with zero attached hydrogens (tertiary/aromatic N) is 1. The van der Waals surface area contributed by atoms with Crippen molar-refractivity contribution in [2.45, 2.75) is 13.3 Å². The fourth-order valence-corrected chi connectivity index (χ4v) is 1.95. The van der Waals surface area contributed by atoms with Gasteiger partial charge in [0.2, 0.25) is 0 Å². The lowest BCUT2D eigenvalue weighted by molar-refractivity contribution is -0.135. The summed E-state index contributed by atoms with van der Waals surface area (Å²) in [6.07, 6.45) is 0.175. The maximum absolute atomic E-state index is 12.0. The van der Waals surface area contributed by atoms with Crippen molar-refractivity contribution in [3.8, 4) is 5.75 Å². The van der Waals surface area contributed by atoms with E-state index in [1.807, 2.05) is 0 Å². The Labute approximate surface area is 139 Å². The molecule has 0 atom stereocenters. The van der Waals surface area contributed by atoms with Gasteiger partial charge < -0.3 is 9.84 Å². The van der Waals surface area contributed by atoms with Crippen LogP contribution in [0.2, 0.25) is 0 Å². The summed E-state index contributed by atoms with van der Waals surface area (Å²) in [5.41, 5.74) is 3.64. The Hall–Kier alpha value is -3.15. The highest BCUT2D eigenvalue weighted by Crippen LogP contribution is 2.11. The largest absolute Gasteiger partial charge is 0.508 e. The van der Waals surface area contributed by atoms with E-state index in [0.29, 0.717) is 5.56 Å². The minimum atomic E-state index is -0.598. The fourth-order valence-electron chi connectivity index (χ4n) is 1.95. The highest BCUT2D eigenvalue weighted by molar-refractivity contribution is 6.37. The molecule has 1 amide bonds. The molecule has 0 bridgehead atoms. The number of carbonyl (C=O) groups is 2. The normalized spacial score (nSPS) is 11.0. The second-order valence-electron chi connectivity index (χ2n) is 4.93. The lowest BCUT2D eigenvalue weighted by Crippen LogP contribution is -2.26. The number of rotatable bonds is 6. The van der Waals surface area contributed by atoms with Gasteiger partial charge in [-0.15, -0.1) is 0 Å². The number of aromatic hydroxyl groups is 1. The molecule has 0 saturated heterocycles. The Bertz CT molecular complexity index is 724. The first kappa shape index (κ1) is 17.2. The molecule has 124 valence electrons. The Balaban J connectivity index is 2.14. The Kier molecular flexibility index (Phi) is 6.08. The van der Waals surface area contributed by atoms with Crippen molar-refractivity contribution >= 4 is 17.6 Å². The van der Waals surface area contributed by atoms with Gasteiger partial charge in [-0.25, -0.2) is 10.2 Å². The van der Waals surface area contributed by atoms with Crippen LogP contribution < -0.4 is 5.43 Å². The third-order valence-corrected chi connectivity index (χ3v) is 3.15. The van der Waals surface area contributed by atoms with Crippen LogP contribution in [0.5, 0.6) is 5.75 Å². The third kappa shape index (κ3) is 4.95. The Morgan fingerprint density at radius 2 is 1.75 bits per heavy atom. The Morgan fingerprint density at radius 3 is 2.38 bits per heavy atom. The minimum absolute atomic E-state index is 0.0758. The number of carbonyl (C=O) groups excluding carboxylic acids is 2. The van der Waals surface area contributed by atoms with Crippen molar-refractivity contribution in [1.82, 2.24) is 5.43 Å². The molecule has 6 nitrogen and oxygen atoms in total. The number of esters is 1. The first-order chi connectivity index (χ1) is 11.6. The third-order valence-electron chi connectivity index (χ3n) is 3.15. The first-order valence-electron chi connectivity index (χ1n) is 7.47. The van der Waals surface area contributed by atoms with Crippen LogP contribution in [0, 0.1) is 0 Å². The van der Waals surface area contributed by atoms with Crippen molar-refractivity contribution in [3.63, 3.8) is 0 Å². The minimum Gasteiger partial charge on any atom is -0.508 e. The van der Waals surface area contributed by atoms with E-state index in [4.69, 9.17) is 4.74 Å². The van der Waals surface area contributed by atoms with Gasteiger partial charge in [0.1, 0.15) is 11.5 Å². The molecule has 0 fully saturated rings. The molecule has 2 aromatic rings. The number of benzene rings is 2. The van der Waals surface area contributed by atoms with Crippen LogP contribution in [0.1, 0.15) is 22.8 Å². The summed E-state index contributed by atoms with van der Waals surface area (Å²) < 4.78 is 4.97. The summed E-state index contributed by atoms with van der Waals surface area (Å²) in [5, 5.41) is 13.2. The predicted octanol–water partition coefficient (Wildman–Crippen LogP) is 2.28. The van der Waals surface area contributed by atoms with Gasteiger partial charge in [-0.05, 0) is 36.8 Å². The van der Waals surface area contributed by atoms with Gasteiger partial charge in [0.25, 0.3) is 5.91 Å². The van der Waals surface area contributed by atoms with Gasteiger partial charge in [-0.3, -0.25) is 4.79 Å². The molecule has 24 heavy (non-hydrogen) atoms. The van der Waals surface area contributed by atoms with Crippen LogP contribution in [0.4, 0.5) is 0 Å². The summed E-state index contributed by atoms with van der Waals surface area (Å²) in [7, 11) is 0. The molecule has 6 heteroatoms. The molecule has 2 aromatic carbocycles. The van der Waals surface area contributed by atoms with Crippen LogP contribution in [0.25, 0.3) is 0 Å². The maximum atomic E-state index is 12.0. The summed E-state index contributed by atoms with van der Waals surface area (Å²) in [4.78, 5) is 24.0. The van der Waals surface area contributed by atoms with Gasteiger partial charge in [-0.2, -0.15) is 5.10 Å². The highest BCUT2D eigenvalue weighted by atomic mass is 16.5. The van der Waals surface area contributed by atoms with Gasteiger partial charge in [0.15, 0.2) is 0 Å². The fraction of sp³-hybridized carbons (Fsp3) is 0.167. The van der Waals surface area contributed by atoms with Gasteiger partial charge in [0.05, 0.1) is 6.61 Å². The topological polar surface area (TPSA) is 88.0 Å². The van der Waals surface area contributed by atoms with E-state index < -0.39 is 11.9 Å². The van der Waals surface area contributed by atoms with Crippen LogP contribution >= 0.6 is 0 Å².